The SMILES string of the molecule is CCCc1c(NCC)ncnc1Oc1cncc(Br)c1. The highest BCUT2D eigenvalue weighted by atomic mass is 79.9. The van der Waals surface area contributed by atoms with Crippen LogP contribution in [0.2, 0.25) is 0 Å². The summed E-state index contributed by atoms with van der Waals surface area (Å²) in [5.41, 5.74) is 0.997. The molecule has 0 fully saturated rings. The molecule has 0 saturated carbocycles. The molecule has 6 heteroatoms. The molecule has 2 heterocycles. The molecule has 0 aromatic carbocycles. The van der Waals surface area contributed by atoms with Gasteiger partial charge in [-0.2, -0.15) is 0 Å². The number of hydrogen-bond donors (Lipinski definition) is 1. The molecule has 0 aliphatic carbocycles. The zero-order valence-corrected chi connectivity index (χ0v) is 13.1. The fraction of sp³-hybridized carbons (Fsp3) is 0.357. The molecule has 0 bridgehead atoms. The van der Waals surface area contributed by atoms with E-state index in [1.165, 1.54) is 6.33 Å². The molecule has 5 nitrogen and oxygen atoms in total. The van der Waals surface area contributed by atoms with Crippen LogP contribution < -0.4 is 10.1 Å². The summed E-state index contributed by atoms with van der Waals surface area (Å²) in [6.07, 6.45) is 6.75. The molecule has 0 unspecified atom stereocenters. The lowest BCUT2D eigenvalue weighted by Crippen LogP contribution is -2.06. The van der Waals surface area contributed by atoms with Gasteiger partial charge in [-0.3, -0.25) is 4.98 Å². The van der Waals surface area contributed by atoms with Crippen LogP contribution in [0.25, 0.3) is 0 Å². The van der Waals surface area contributed by atoms with E-state index in [0.29, 0.717) is 11.6 Å². The highest BCUT2D eigenvalue weighted by molar-refractivity contribution is 9.10. The van der Waals surface area contributed by atoms with Crippen molar-refractivity contribution in [3.05, 3.63) is 34.8 Å². The Kier molecular flexibility index (Phi) is 5.29. The van der Waals surface area contributed by atoms with Gasteiger partial charge in [0.2, 0.25) is 5.88 Å². The van der Waals surface area contributed by atoms with Gasteiger partial charge in [-0.05, 0) is 35.3 Å². The van der Waals surface area contributed by atoms with Gasteiger partial charge in [0.1, 0.15) is 17.9 Å². The highest BCUT2D eigenvalue weighted by Crippen LogP contribution is 2.28. The molecule has 0 amide bonds. The Morgan fingerprint density at radius 3 is 2.80 bits per heavy atom. The first kappa shape index (κ1) is 14.7. The first-order chi connectivity index (χ1) is 9.74. The minimum atomic E-state index is 0.581. The molecule has 0 atom stereocenters. The molecule has 20 heavy (non-hydrogen) atoms. The zero-order valence-electron chi connectivity index (χ0n) is 11.6. The average molecular weight is 337 g/mol. The number of halogens is 1. The van der Waals surface area contributed by atoms with Crippen molar-refractivity contribution < 1.29 is 4.74 Å². The Morgan fingerprint density at radius 1 is 1.25 bits per heavy atom. The normalized spacial score (nSPS) is 10.3. The summed E-state index contributed by atoms with van der Waals surface area (Å²) in [6, 6.07) is 1.86. The summed E-state index contributed by atoms with van der Waals surface area (Å²) in [7, 11) is 0. The Labute approximate surface area is 127 Å². The second kappa shape index (κ2) is 7.19. The van der Waals surface area contributed by atoms with Crippen LogP contribution in [0.1, 0.15) is 25.8 Å². The topological polar surface area (TPSA) is 59.9 Å². The number of anilines is 1. The van der Waals surface area contributed by atoms with Crippen LogP contribution in [0.5, 0.6) is 11.6 Å². The molecule has 0 aliphatic heterocycles. The van der Waals surface area contributed by atoms with Crippen molar-refractivity contribution in [3.63, 3.8) is 0 Å². The Balaban J connectivity index is 2.32. The van der Waals surface area contributed by atoms with Gasteiger partial charge in [-0.1, -0.05) is 13.3 Å². The minimum Gasteiger partial charge on any atom is -0.437 e. The largest absolute Gasteiger partial charge is 0.437 e. The van der Waals surface area contributed by atoms with Crippen LogP contribution >= 0.6 is 15.9 Å². The molecule has 0 spiro atoms. The fourth-order valence-corrected chi connectivity index (χ4v) is 2.18. The van der Waals surface area contributed by atoms with E-state index in [2.05, 4.69) is 43.1 Å². The third kappa shape index (κ3) is 3.66. The van der Waals surface area contributed by atoms with Crippen LogP contribution in [-0.2, 0) is 6.42 Å². The number of nitrogens with one attached hydrogen (secondary N) is 1. The summed E-state index contributed by atoms with van der Waals surface area (Å²) >= 11 is 3.38. The average Bonchev–Trinajstić information content (AvgIpc) is 2.43. The zero-order chi connectivity index (χ0) is 14.4. The van der Waals surface area contributed by atoms with Crippen LogP contribution in [0, 0.1) is 0 Å². The number of aromatic nitrogens is 3. The second-order valence-electron chi connectivity index (χ2n) is 4.23. The maximum Gasteiger partial charge on any atom is 0.227 e. The number of pyridine rings is 1. The van der Waals surface area contributed by atoms with E-state index < -0.39 is 0 Å². The predicted molar refractivity (Wildman–Crippen MR) is 82.2 cm³/mol. The first-order valence-electron chi connectivity index (χ1n) is 6.60. The monoisotopic (exact) mass is 336 g/mol. The van der Waals surface area contributed by atoms with E-state index >= 15 is 0 Å². The van der Waals surface area contributed by atoms with Crippen molar-refractivity contribution in [2.45, 2.75) is 26.7 Å². The standard InChI is InChI=1S/C14H17BrN4O/c1-3-5-12-13(17-4-2)18-9-19-14(12)20-11-6-10(15)7-16-8-11/h6-9H,3-5H2,1-2H3,(H,17,18,19). The molecule has 0 radical (unpaired) electrons. The lowest BCUT2D eigenvalue weighted by Gasteiger charge is -2.13. The molecule has 2 aromatic heterocycles. The lowest BCUT2D eigenvalue weighted by atomic mass is 10.1. The maximum atomic E-state index is 5.85. The molecule has 2 aromatic rings. The van der Waals surface area contributed by atoms with Gasteiger partial charge in [0, 0.05) is 17.2 Å². The lowest BCUT2D eigenvalue weighted by molar-refractivity contribution is 0.452. The van der Waals surface area contributed by atoms with E-state index in [1.54, 1.807) is 12.4 Å². The van der Waals surface area contributed by atoms with Gasteiger partial charge in [0.25, 0.3) is 0 Å². The van der Waals surface area contributed by atoms with Crippen molar-refractivity contribution in [1.29, 1.82) is 0 Å². The van der Waals surface area contributed by atoms with E-state index in [1.807, 2.05) is 13.0 Å². The van der Waals surface area contributed by atoms with Crippen LogP contribution in [-0.4, -0.2) is 21.5 Å². The smallest absolute Gasteiger partial charge is 0.227 e. The Morgan fingerprint density at radius 2 is 2.10 bits per heavy atom. The third-order valence-corrected chi connectivity index (χ3v) is 3.08. The molecule has 2 rings (SSSR count). The quantitative estimate of drug-likeness (QED) is 0.869. The van der Waals surface area contributed by atoms with Gasteiger partial charge in [0.05, 0.1) is 11.8 Å². The summed E-state index contributed by atoms with van der Waals surface area (Å²) in [5, 5.41) is 3.24. The van der Waals surface area contributed by atoms with Crippen LogP contribution in [0.3, 0.4) is 0 Å². The number of ether oxygens (including phenoxy) is 1. The van der Waals surface area contributed by atoms with E-state index in [9.17, 15) is 0 Å². The van der Waals surface area contributed by atoms with Gasteiger partial charge < -0.3 is 10.1 Å². The van der Waals surface area contributed by atoms with Crippen molar-refractivity contribution in [2.24, 2.45) is 0 Å². The van der Waals surface area contributed by atoms with Crippen molar-refractivity contribution in [2.75, 3.05) is 11.9 Å². The predicted octanol–water partition coefficient (Wildman–Crippen LogP) is 3.81. The summed E-state index contributed by atoms with van der Waals surface area (Å²) < 4.78 is 6.71. The molecule has 106 valence electrons. The van der Waals surface area contributed by atoms with Gasteiger partial charge in [-0.15, -0.1) is 0 Å². The van der Waals surface area contributed by atoms with Gasteiger partial charge in [0.15, 0.2) is 0 Å². The van der Waals surface area contributed by atoms with E-state index in [0.717, 1.165) is 35.2 Å². The van der Waals surface area contributed by atoms with Gasteiger partial charge >= 0.3 is 0 Å². The first-order valence-corrected chi connectivity index (χ1v) is 7.40. The summed E-state index contributed by atoms with van der Waals surface area (Å²) in [4.78, 5) is 12.6. The Hall–Kier alpha value is -1.69. The number of nitrogens with zero attached hydrogens (tertiary/aromatic N) is 3. The minimum absolute atomic E-state index is 0.581. The Bertz CT molecular complexity index is 577. The molecular formula is C14H17BrN4O. The molecular weight excluding hydrogens is 320 g/mol. The third-order valence-electron chi connectivity index (χ3n) is 2.64. The fourth-order valence-electron chi connectivity index (χ4n) is 1.84. The summed E-state index contributed by atoms with van der Waals surface area (Å²) in [5.74, 6) is 2.07. The second-order valence-corrected chi connectivity index (χ2v) is 5.14. The number of hydrogen-bond acceptors (Lipinski definition) is 5. The number of rotatable bonds is 6. The molecule has 1 N–H and O–H groups in total. The maximum absolute atomic E-state index is 5.85. The highest BCUT2D eigenvalue weighted by Gasteiger charge is 2.12. The van der Waals surface area contributed by atoms with E-state index in [-0.39, 0.29) is 0 Å². The van der Waals surface area contributed by atoms with Crippen molar-refractivity contribution >= 4 is 21.7 Å². The summed E-state index contributed by atoms with van der Waals surface area (Å²) in [6.45, 7) is 4.97. The molecule has 0 aliphatic rings. The van der Waals surface area contributed by atoms with Crippen molar-refractivity contribution in [1.82, 2.24) is 15.0 Å². The van der Waals surface area contributed by atoms with E-state index in [4.69, 9.17) is 4.74 Å². The molecule has 0 saturated heterocycles. The van der Waals surface area contributed by atoms with Gasteiger partial charge in [-0.25, -0.2) is 9.97 Å². The van der Waals surface area contributed by atoms with Crippen LogP contribution in [0.4, 0.5) is 5.82 Å². The van der Waals surface area contributed by atoms with Crippen LogP contribution in [0.15, 0.2) is 29.3 Å². The van der Waals surface area contributed by atoms with Crippen molar-refractivity contribution in [3.8, 4) is 11.6 Å².